The highest BCUT2D eigenvalue weighted by Gasteiger charge is 2.41. The lowest BCUT2D eigenvalue weighted by Crippen LogP contribution is -2.60. The number of amides is 1. The van der Waals surface area contributed by atoms with Crippen LogP contribution in [0.2, 0.25) is 0 Å². The molecule has 0 aliphatic carbocycles. The molecule has 0 bridgehead atoms. The summed E-state index contributed by atoms with van der Waals surface area (Å²) < 4.78 is 69.9. The van der Waals surface area contributed by atoms with E-state index in [1.54, 1.807) is 11.8 Å². The first-order valence-corrected chi connectivity index (χ1v) is 15.5. The van der Waals surface area contributed by atoms with Crippen LogP contribution in [0.15, 0.2) is 53.4 Å². The molecule has 11 nitrogen and oxygen atoms in total. The number of hydrogen-bond acceptors (Lipinski definition) is 9. The summed E-state index contributed by atoms with van der Waals surface area (Å²) in [5.74, 6) is -2.32. The predicted octanol–water partition coefficient (Wildman–Crippen LogP) is 3.45. The van der Waals surface area contributed by atoms with Gasteiger partial charge in [0.15, 0.2) is 5.13 Å². The number of carboxylic acid groups (broad SMARTS) is 1. The molecule has 0 saturated carbocycles. The Morgan fingerprint density at radius 1 is 1.05 bits per heavy atom. The number of aromatic nitrogens is 1. The minimum Gasteiger partial charge on any atom is -0.477 e. The zero-order chi connectivity index (χ0) is 30.9. The van der Waals surface area contributed by atoms with Gasteiger partial charge < -0.3 is 25.0 Å². The number of piperazine rings is 1. The van der Waals surface area contributed by atoms with E-state index in [0.29, 0.717) is 10.8 Å². The van der Waals surface area contributed by atoms with E-state index in [4.69, 9.17) is 0 Å². The van der Waals surface area contributed by atoms with Crippen molar-refractivity contribution in [2.24, 2.45) is 0 Å². The molecule has 43 heavy (non-hydrogen) atoms. The van der Waals surface area contributed by atoms with Gasteiger partial charge in [-0.3, -0.25) is 4.79 Å². The summed E-state index contributed by atoms with van der Waals surface area (Å²) >= 11 is 0.925. The van der Waals surface area contributed by atoms with Crippen LogP contribution in [0.3, 0.4) is 0 Å². The fourth-order valence-electron chi connectivity index (χ4n) is 4.81. The van der Waals surface area contributed by atoms with E-state index in [-0.39, 0.29) is 36.0 Å². The summed E-state index contributed by atoms with van der Waals surface area (Å²) in [5, 5.41) is 12.6. The van der Waals surface area contributed by atoms with Crippen molar-refractivity contribution in [2.75, 3.05) is 42.5 Å². The van der Waals surface area contributed by atoms with Crippen molar-refractivity contribution in [1.29, 1.82) is 0 Å². The summed E-state index contributed by atoms with van der Waals surface area (Å²) in [6.07, 6.45) is -3.80. The summed E-state index contributed by atoms with van der Waals surface area (Å²) in [4.78, 5) is 33.0. The molecule has 5 rings (SSSR count). The highest BCUT2D eigenvalue weighted by Crippen LogP contribution is 2.31. The first-order valence-electron chi connectivity index (χ1n) is 13.3. The number of aromatic carboxylic acids is 1. The average Bonchev–Trinajstić information content (AvgIpc) is 3.32. The number of halogens is 3. The second kappa shape index (κ2) is 12.0. The van der Waals surface area contributed by atoms with Crippen LogP contribution in [-0.4, -0.2) is 79.8 Å². The molecule has 2 aliphatic heterocycles. The third-order valence-corrected chi connectivity index (χ3v) is 10.3. The molecule has 0 radical (unpaired) electrons. The maximum absolute atomic E-state index is 13.7. The smallest absolute Gasteiger partial charge is 0.477 e. The van der Waals surface area contributed by atoms with Crippen LogP contribution in [0.25, 0.3) is 0 Å². The molecule has 2 N–H and O–H groups in total. The number of hydrogen-bond donors (Lipinski definition) is 2. The minimum atomic E-state index is -4.94. The van der Waals surface area contributed by atoms with Gasteiger partial charge in [-0.1, -0.05) is 23.5 Å². The fourth-order valence-corrected chi connectivity index (χ4v) is 7.32. The summed E-state index contributed by atoms with van der Waals surface area (Å²) in [5.41, 5.74) is 2.18. The molecule has 3 aromatic rings. The number of thiazole rings is 1. The lowest BCUT2D eigenvalue weighted by atomic mass is 10.1. The number of alkyl halides is 3. The number of ether oxygens (including phenoxy) is 1. The lowest BCUT2D eigenvalue weighted by molar-refractivity contribution is -0.274. The largest absolute Gasteiger partial charge is 0.573 e. The zero-order valence-corrected chi connectivity index (χ0v) is 24.5. The number of benzene rings is 2. The molecule has 230 valence electrons. The number of rotatable bonds is 9. The Bertz CT molecular complexity index is 1590. The number of nitrogens with zero attached hydrogens (tertiary/aromatic N) is 4. The van der Waals surface area contributed by atoms with Gasteiger partial charge in [-0.05, 0) is 55.3 Å². The van der Waals surface area contributed by atoms with Gasteiger partial charge in [-0.2, -0.15) is 4.31 Å². The summed E-state index contributed by atoms with van der Waals surface area (Å²) in [7, 11) is -4.34. The molecule has 2 fully saturated rings. The van der Waals surface area contributed by atoms with Crippen molar-refractivity contribution < 1.29 is 41.0 Å². The standard InChI is InChI=1S/C27H28F3N5O6S2/c1-17-23(25(37)38)42-26(32-17)34-13-14-35(43(39,40)21-9-7-20(8-10-21)41-27(28,29)30)22(16-34)24(36)31-15-18-3-5-19(6-4-18)33-11-2-12-33/h3-10,22H,2,11-16H2,1H3,(H,31,36)(H,37,38). The number of aryl methyl sites for hydroxylation is 1. The normalized spacial score (nSPS) is 17.8. The Kier molecular flexibility index (Phi) is 8.54. The summed E-state index contributed by atoms with van der Waals surface area (Å²) in [6, 6.07) is 10.2. The van der Waals surface area contributed by atoms with Crippen molar-refractivity contribution in [3.63, 3.8) is 0 Å². The van der Waals surface area contributed by atoms with E-state index in [0.717, 1.165) is 70.7 Å². The number of anilines is 2. The highest BCUT2D eigenvalue weighted by atomic mass is 32.2. The number of carbonyl (C=O) groups excluding carboxylic acids is 1. The SMILES string of the molecule is Cc1nc(N2CCN(S(=O)(=O)c3ccc(OC(F)(F)F)cc3)C(C(=O)NCc3ccc(N4CCC4)cc3)C2)sc1C(=O)O. The maximum atomic E-state index is 13.7. The first-order chi connectivity index (χ1) is 20.3. The van der Waals surface area contributed by atoms with Gasteiger partial charge in [0.2, 0.25) is 15.9 Å². The van der Waals surface area contributed by atoms with Crippen LogP contribution in [-0.2, 0) is 21.4 Å². The topological polar surface area (TPSA) is 132 Å². The molecule has 2 aliphatic rings. The van der Waals surface area contributed by atoms with Crippen molar-refractivity contribution in [1.82, 2.24) is 14.6 Å². The Hall–Kier alpha value is -3.89. The third-order valence-electron chi connectivity index (χ3n) is 7.17. The van der Waals surface area contributed by atoms with Crippen molar-refractivity contribution in [3.8, 4) is 5.75 Å². The van der Waals surface area contributed by atoms with Crippen LogP contribution < -0.4 is 19.9 Å². The minimum absolute atomic E-state index is 0.0360. The second-order valence-corrected chi connectivity index (χ2v) is 12.9. The molecule has 1 amide bonds. The molecule has 2 saturated heterocycles. The van der Waals surface area contributed by atoms with Crippen molar-refractivity contribution >= 4 is 44.1 Å². The third kappa shape index (κ3) is 6.86. The lowest BCUT2D eigenvalue weighted by Gasteiger charge is -2.39. The monoisotopic (exact) mass is 639 g/mol. The predicted molar refractivity (Wildman–Crippen MR) is 152 cm³/mol. The molecule has 0 spiro atoms. The van der Waals surface area contributed by atoms with Crippen molar-refractivity contribution in [2.45, 2.75) is 37.2 Å². The van der Waals surface area contributed by atoms with E-state index in [1.807, 2.05) is 24.3 Å². The van der Waals surface area contributed by atoms with E-state index in [9.17, 15) is 36.3 Å². The van der Waals surface area contributed by atoms with Gasteiger partial charge in [0.1, 0.15) is 16.7 Å². The van der Waals surface area contributed by atoms with Gasteiger partial charge in [-0.25, -0.2) is 18.2 Å². The van der Waals surface area contributed by atoms with E-state index in [1.165, 1.54) is 0 Å². The summed E-state index contributed by atoms with van der Waals surface area (Å²) in [6.45, 7) is 3.47. The van der Waals surface area contributed by atoms with Crippen LogP contribution in [0.5, 0.6) is 5.75 Å². The first kappa shape index (κ1) is 30.6. The van der Waals surface area contributed by atoms with E-state index < -0.39 is 40.1 Å². The van der Waals surface area contributed by atoms with E-state index >= 15 is 0 Å². The number of nitrogens with one attached hydrogen (secondary N) is 1. The molecule has 16 heteroatoms. The molecule has 1 unspecified atom stereocenters. The number of sulfonamides is 1. The van der Waals surface area contributed by atoms with Gasteiger partial charge in [0, 0.05) is 45.0 Å². The Balaban J connectivity index is 1.37. The van der Waals surface area contributed by atoms with Gasteiger partial charge in [-0.15, -0.1) is 13.2 Å². The van der Waals surface area contributed by atoms with Gasteiger partial charge in [0.25, 0.3) is 0 Å². The Labute approximate surface area is 249 Å². The van der Waals surface area contributed by atoms with Gasteiger partial charge in [0.05, 0.1) is 10.6 Å². The molecular weight excluding hydrogens is 611 g/mol. The Morgan fingerprint density at radius 2 is 1.72 bits per heavy atom. The van der Waals surface area contributed by atoms with Crippen molar-refractivity contribution in [3.05, 3.63) is 64.7 Å². The fraction of sp³-hybridized carbons (Fsp3) is 0.370. The van der Waals surface area contributed by atoms with Crippen LogP contribution >= 0.6 is 11.3 Å². The number of carboxylic acids is 1. The highest BCUT2D eigenvalue weighted by molar-refractivity contribution is 7.89. The van der Waals surface area contributed by atoms with Crippen LogP contribution in [0.1, 0.15) is 27.3 Å². The van der Waals surface area contributed by atoms with E-state index in [2.05, 4.69) is 19.9 Å². The molecule has 2 aromatic carbocycles. The number of carbonyl (C=O) groups is 2. The second-order valence-electron chi connectivity index (χ2n) is 10.0. The average molecular weight is 640 g/mol. The maximum Gasteiger partial charge on any atom is 0.573 e. The van der Waals surface area contributed by atoms with Crippen LogP contribution in [0, 0.1) is 6.92 Å². The van der Waals surface area contributed by atoms with Gasteiger partial charge >= 0.3 is 12.3 Å². The zero-order valence-electron chi connectivity index (χ0n) is 22.9. The molecule has 3 heterocycles. The Morgan fingerprint density at radius 3 is 2.28 bits per heavy atom. The molecule has 1 aromatic heterocycles. The quantitative estimate of drug-likeness (QED) is 0.361. The molecule has 1 atom stereocenters. The molecular formula is C27H28F3N5O6S2. The van der Waals surface area contributed by atoms with Crippen LogP contribution in [0.4, 0.5) is 24.0 Å².